The molecule has 4 aromatic carbocycles. The Balaban J connectivity index is 1.03. The highest BCUT2D eigenvalue weighted by molar-refractivity contribution is 7.93. The van der Waals surface area contributed by atoms with E-state index in [0.717, 1.165) is 53.5 Å². The van der Waals surface area contributed by atoms with E-state index in [0.29, 0.717) is 23.3 Å². The molecule has 12 heteroatoms. The van der Waals surface area contributed by atoms with Crippen LogP contribution < -0.4 is 10.4 Å². The van der Waals surface area contributed by atoms with Gasteiger partial charge in [0.25, 0.3) is 10.0 Å². The lowest BCUT2D eigenvalue weighted by molar-refractivity contribution is -0.276. The van der Waals surface area contributed by atoms with E-state index in [4.69, 9.17) is 9.47 Å². The van der Waals surface area contributed by atoms with Crippen molar-refractivity contribution in [3.8, 4) is 0 Å². The average molecular weight is 720 g/mol. The fraction of sp³-hybridized carbons (Fsp3) is 0.300. The van der Waals surface area contributed by atoms with Crippen molar-refractivity contribution in [2.24, 2.45) is 5.92 Å². The molecule has 2 fully saturated rings. The summed E-state index contributed by atoms with van der Waals surface area (Å²) in [6.45, 7) is 4.37. The minimum atomic E-state index is -3.97. The van der Waals surface area contributed by atoms with Crippen LogP contribution >= 0.6 is 0 Å². The maximum atomic E-state index is 13.6. The summed E-state index contributed by atoms with van der Waals surface area (Å²) in [5, 5.41) is 10.4. The maximum Gasteiger partial charge on any atom is 0.326 e. The smallest absolute Gasteiger partial charge is 0.326 e. The number of nitrogens with zero attached hydrogens (tertiary/aromatic N) is 3. The molecule has 2 aliphatic rings. The summed E-state index contributed by atoms with van der Waals surface area (Å²) >= 11 is 0. The van der Waals surface area contributed by atoms with Crippen LogP contribution in [0.3, 0.4) is 0 Å². The summed E-state index contributed by atoms with van der Waals surface area (Å²) in [7, 11) is -3.97. The number of aliphatic hydroxyl groups excluding tert-OH is 1. The molecule has 0 bridgehead atoms. The number of aliphatic hydroxyl groups is 1. The molecule has 4 heterocycles. The fourth-order valence-electron chi connectivity index (χ4n) is 7.63. The van der Waals surface area contributed by atoms with E-state index in [1.54, 1.807) is 42.6 Å². The number of rotatable bonds is 9. The zero-order valence-corrected chi connectivity index (χ0v) is 29.6. The first-order chi connectivity index (χ1) is 25.3. The fourth-order valence-corrected chi connectivity index (χ4v) is 8.86. The van der Waals surface area contributed by atoms with Crippen LogP contribution in [0.5, 0.6) is 0 Å². The monoisotopic (exact) mass is 719 g/mol. The van der Waals surface area contributed by atoms with E-state index in [9.17, 15) is 18.3 Å². The Labute approximate surface area is 301 Å². The minimum absolute atomic E-state index is 0.0225. The van der Waals surface area contributed by atoms with Gasteiger partial charge in [-0.05, 0) is 60.4 Å². The molecule has 52 heavy (non-hydrogen) atoms. The van der Waals surface area contributed by atoms with Crippen molar-refractivity contribution < 1.29 is 23.0 Å². The number of ether oxygens (including phenoxy) is 2. The van der Waals surface area contributed by atoms with Crippen molar-refractivity contribution in [1.29, 1.82) is 0 Å². The van der Waals surface area contributed by atoms with Gasteiger partial charge in [0.05, 0.1) is 35.4 Å². The van der Waals surface area contributed by atoms with Crippen LogP contribution in [0.4, 0.5) is 5.69 Å². The van der Waals surface area contributed by atoms with Gasteiger partial charge in [-0.2, -0.15) is 0 Å². The predicted octanol–water partition coefficient (Wildman–Crippen LogP) is 6.30. The van der Waals surface area contributed by atoms with Crippen LogP contribution in [0.1, 0.15) is 54.9 Å². The topological polar surface area (TPSA) is 139 Å². The molecule has 0 saturated carbocycles. The highest BCUT2D eigenvalue weighted by atomic mass is 32.2. The number of likely N-dealkylation sites (tertiary alicyclic amines) is 1. The molecule has 2 saturated heterocycles. The normalized spacial score (nSPS) is 21.8. The molecular weight excluding hydrogens is 679 g/mol. The van der Waals surface area contributed by atoms with Gasteiger partial charge >= 0.3 is 5.69 Å². The van der Waals surface area contributed by atoms with Crippen LogP contribution in [0.25, 0.3) is 21.9 Å². The van der Waals surface area contributed by atoms with E-state index in [-0.39, 0.29) is 41.4 Å². The summed E-state index contributed by atoms with van der Waals surface area (Å²) in [5.74, 6) is -0.0225. The molecule has 0 spiro atoms. The summed E-state index contributed by atoms with van der Waals surface area (Å²) in [6, 6.07) is 31.5. The number of pyridine rings is 1. The van der Waals surface area contributed by atoms with Crippen molar-refractivity contribution >= 4 is 37.6 Å². The number of hydrogen-bond acceptors (Lipinski definition) is 8. The first-order valence-electron chi connectivity index (χ1n) is 17.7. The molecule has 4 atom stereocenters. The van der Waals surface area contributed by atoms with Crippen molar-refractivity contribution in [3.05, 3.63) is 136 Å². The molecule has 6 aromatic rings. The molecular formula is C40H41N5O6S. The van der Waals surface area contributed by atoms with Crippen molar-refractivity contribution in [3.63, 3.8) is 0 Å². The number of sulfonamides is 1. The van der Waals surface area contributed by atoms with E-state index < -0.39 is 16.3 Å². The number of aromatic nitrogens is 3. The largest absolute Gasteiger partial charge is 0.392 e. The number of benzene rings is 4. The summed E-state index contributed by atoms with van der Waals surface area (Å²) in [5.41, 5.74) is 4.97. The van der Waals surface area contributed by atoms with Gasteiger partial charge in [0, 0.05) is 54.4 Å². The average Bonchev–Trinajstić information content (AvgIpc) is 3.51. The minimum Gasteiger partial charge on any atom is -0.392 e. The molecule has 11 nitrogen and oxygen atoms in total. The second-order valence-corrected chi connectivity index (χ2v) is 15.4. The second-order valence-electron chi connectivity index (χ2n) is 13.7. The number of fused-ring (bicyclic) bond motifs is 2. The molecule has 2 aromatic heterocycles. The highest BCUT2D eigenvalue weighted by Crippen LogP contribution is 2.42. The number of nitrogens with one attached hydrogen (secondary N) is 2. The molecule has 3 N–H and O–H groups in total. The molecule has 2 aliphatic heterocycles. The van der Waals surface area contributed by atoms with Gasteiger partial charge in [-0.15, -0.1) is 0 Å². The number of anilines is 1. The number of para-hydroxylation sites is 3. The van der Waals surface area contributed by atoms with Crippen molar-refractivity contribution in [2.45, 2.75) is 55.8 Å². The molecule has 1 unspecified atom stereocenters. The lowest BCUT2D eigenvalue weighted by atomic mass is 9.89. The van der Waals surface area contributed by atoms with Crippen LogP contribution in [0.15, 0.2) is 119 Å². The van der Waals surface area contributed by atoms with Gasteiger partial charge < -0.3 is 24.5 Å². The van der Waals surface area contributed by atoms with E-state index in [1.807, 2.05) is 71.3 Å². The lowest BCUT2D eigenvalue weighted by Crippen LogP contribution is -2.47. The first kappa shape index (κ1) is 34.2. The summed E-state index contributed by atoms with van der Waals surface area (Å²) < 4.78 is 45.3. The maximum absolute atomic E-state index is 13.6. The van der Waals surface area contributed by atoms with Crippen LogP contribution in [0, 0.1) is 5.92 Å². The van der Waals surface area contributed by atoms with E-state index in [1.165, 1.54) is 0 Å². The quantitative estimate of drug-likeness (QED) is 0.158. The number of hydrogen-bond donors (Lipinski definition) is 3. The molecule has 0 amide bonds. The van der Waals surface area contributed by atoms with Gasteiger partial charge in [0.1, 0.15) is 4.90 Å². The van der Waals surface area contributed by atoms with Crippen molar-refractivity contribution in [2.75, 3.05) is 24.4 Å². The highest BCUT2D eigenvalue weighted by Gasteiger charge is 2.40. The summed E-state index contributed by atoms with van der Waals surface area (Å²) in [6.07, 6.45) is 1.96. The standard InChI is InChI=1S/C40H41N5O6S/c1-26-35(24-44-21-18-32(19-22-44)45-34-12-3-2-11-33(34)42-40(45)47)50-39(51-38(26)29-16-14-27(25-46)15-17-29)30-8-4-10-31(23-30)43-52(48,49)36-13-5-7-28-9-6-20-41-37(28)36/h2-17,20,23,26,32,35,38-39,43,46H,18-19,21-22,24-25H2,1H3,(H,42,47)/t26-,35+,38+,39?/m0/s1. The zero-order valence-electron chi connectivity index (χ0n) is 28.8. The molecule has 0 radical (unpaired) electrons. The molecule has 0 aliphatic carbocycles. The van der Waals surface area contributed by atoms with Gasteiger partial charge in [-0.25, -0.2) is 13.2 Å². The van der Waals surface area contributed by atoms with Gasteiger partial charge in [-0.1, -0.05) is 73.7 Å². The summed E-state index contributed by atoms with van der Waals surface area (Å²) in [4.78, 5) is 22.7. The van der Waals surface area contributed by atoms with Gasteiger partial charge in [-0.3, -0.25) is 14.3 Å². The molecule has 268 valence electrons. The molecule has 8 rings (SSSR count). The van der Waals surface area contributed by atoms with E-state index >= 15 is 0 Å². The third-order valence-corrected chi connectivity index (χ3v) is 11.8. The predicted molar refractivity (Wildman–Crippen MR) is 199 cm³/mol. The Morgan fingerprint density at radius 2 is 1.67 bits per heavy atom. The van der Waals surface area contributed by atoms with Gasteiger partial charge in [0.2, 0.25) is 0 Å². The Kier molecular flexibility index (Phi) is 9.41. The lowest BCUT2D eigenvalue weighted by Gasteiger charge is -2.44. The van der Waals surface area contributed by atoms with Crippen LogP contribution in [0.2, 0.25) is 0 Å². The third-order valence-electron chi connectivity index (χ3n) is 10.4. The number of H-pyrrole nitrogens is 1. The Morgan fingerprint density at radius 1 is 0.904 bits per heavy atom. The Bertz CT molecular complexity index is 2360. The van der Waals surface area contributed by atoms with Gasteiger partial charge in [0.15, 0.2) is 6.29 Å². The number of aromatic amines is 1. The zero-order chi connectivity index (χ0) is 35.8. The first-order valence-corrected chi connectivity index (χ1v) is 19.1. The van der Waals surface area contributed by atoms with E-state index in [2.05, 4.69) is 26.5 Å². The van der Waals surface area contributed by atoms with Crippen LogP contribution in [-0.2, 0) is 26.1 Å². The SMILES string of the molecule is C[C@H]1[C@@H](CN2CCC(n3c(=O)[nH]c4ccccc43)CC2)OC(c2cccc(NS(=O)(=O)c3cccc4cccnc34)c2)O[C@H]1c1ccc(CO)cc1. The third kappa shape index (κ3) is 6.75. The Morgan fingerprint density at radius 3 is 2.48 bits per heavy atom. The van der Waals surface area contributed by atoms with Crippen LogP contribution in [-0.4, -0.2) is 58.7 Å². The second kappa shape index (κ2) is 14.3. The number of piperidine rings is 1. The van der Waals surface area contributed by atoms with Crippen molar-refractivity contribution in [1.82, 2.24) is 19.4 Å². The Hall–Kier alpha value is -4.85. The number of imidazole rings is 1.